The van der Waals surface area contributed by atoms with Crippen LogP contribution >= 0.6 is 0 Å². The van der Waals surface area contributed by atoms with Crippen molar-refractivity contribution in [3.8, 4) is 5.75 Å². The van der Waals surface area contributed by atoms with Crippen LogP contribution in [0.2, 0.25) is 0 Å². The SMILES string of the molecule is COc1ccc(C[C@@H](C)C(=O)O)cc1[C@@H]1OC(C)(C)N(C(=O)OC(C)(C)C)[C@H]1Cc1ccccc1. The smallest absolute Gasteiger partial charge is 0.412 e. The molecular formula is C28H37NO6. The second kappa shape index (κ2) is 10.3. The van der Waals surface area contributed by atoms with Gasteiger partial charge in [0.1, 0.15) is 23.2 Å². The summed E-state index contributed by atoms with van der Waals surface area (Å²) in [5.74, 6) is -0.754. The third-order valence-electron chi connectivity index (χ3n) is 6.12. The minimum Gasteiger partial charge on any atom is -0.496 e. The van der Waals surface area contributed by atoms with Crippen molar-refractivity contribution in [3.05, 3.63) is 65.2 Å². The molecule has 3 rings (SSSR count). The molecule has 0 spiro atoms. The van der Waals surface area contributed by atoms with E-state index in [9.17, 15) is 14.7 Å². The van der Waals surface area contributed by atoms with Gasteiger partial charge in [0, 0.05) is 5.56 Å². The van der Waals surface area contributed by atoms with E-state index in [1.807, 2.05) is 83.1 Å². The van der Waals surface area contributed by atoms with Crippen LogP contribution in [0.15, 0.2) is 48.5 Å². The molecule has 0 unspecified atom stereocenters. The summed E-state index contributed by atoms with van der Waals surface area (Å²) in [6.07, 6.45) is -0.0254. The maximum Gasteiger partial charge on any atom is 0.412 e. The van der Waals surface area contributed by atoms with E-state index >= 15 is 0 Å². The Morgan fingerprint density at radius 2 is 1.77 bits per heavy atom. The van der Waals surface area contributed by atoms with Crippen LogP contribution in [-0.2, 0) is 27.1 Å². The quantitative estimate of drug-likeness (QED) is 0.551. The number of aliphatic carboxylic acids is 1. The molecule has 0 bridgehead atoms. The van der Waals surface area contributed by atoms with Crippen molar-refractivity contribution in [2.24, 2.45) is 5.92 Å². The van der Waals surface area contributed by atoms with E-state index in [1.54, 1.807) is 18.9 Å². The molecule has 1 aliphatic heterocycles. The molecule has 2 aromatic rings. The van der Waals surface area contributed by atoms with Crippen molar-refractivity contribution >= 4 is 12.1 Å². The van der Waals surface area contributed by atoms with Crippen molar-refractivity contribution in [1.29, 1.82) is 0 Å². The second-order valence-corrected chi connectivity index (χ2v) is 10.6. The number of hydrogen-bond acceptors (Lipinski definition) is 5. The normalized spacial score (nSPS) is 20.4. The average Bonchev–Trinajstić information content (AvgIpc) is 3.03. The molecule has 1 fully saturated rings. The van der Waals surface area contributed by atoms with E-state index in [4.69, 9.17) is 14.2 Å². The molecule has 35 heavy (non-hydrogen) atoms. The highest BCUT2D eigenvalue weighted by atomic mass is 16.6. The summed E-state index contributed by atoms with van der Waals surface area (Å²) >= 11 is 0. The molecule has 1 amide bonds. The lowest BCUT2D eigenvalue weighted by molar-refractivity contribution is -0.141. The Morgan fingerprint density at radius 1 is 1.11 bits per heavy atom. The topological polar surface area (TPSA) is 85.3 Å². The van der Waals surface area contributed by atoms with Gasteiger partial charge in [-0.3, -0.25) is 9.69 Å². The van der Waals surface area contributed by atoms with E-state index in [-0.39, 0.29) is 6.04 Å². The third-order valence-corrected chi connectivity index (χ3v) is 6.12. The molecule has 1 heterocycles. The van der Waals surface area contributed by atoms with Crippen LogP contribution in [-0.4, -0.2) is 46.5 Å². The number of carbonyl (C=O) groups is 2. The van der Waals surface area contributed by atoms with E-state index in [0.717, 1.165) is 16.7 Å². The first-order chi connectivity index (χ1) is 16.3. The lowest BCUT2D eigenvalue weighted by Gasteiger charge is -2.35. The number of carboxylic acids is 1. The summed E-state index contributed by atoms with van der Waals surface area (Å²) in [4.78, 5) is 26.5. The number of nitrogens with zero attached hydrogens (tertiary/aromatic N) is 1. The van der Waals surface area contributed by atoms with Crippen LogP contribution in [0, 0.1) is 5.92 Å². The van der Waals surface area contributed by atoms with Gasteiger partial charge in [0.2, 0.25) is 0 Å². The Morgan fingerprint density at radius 3 is 2.34 bits per heavy atom. The zero-order valence-electron chi connectivity index (χ0n) is 21.7. The molecule has 0 aliphatic carbocycles. The summed E-state index contributed by atoms with van der Waals surface area (Å²) in [7, 11) is 1.59. The number of amides is 1. The van der Waals surface area contributed by atoms with Crippen molar-refractivity contribution in [3.63, 3.8) is 0 Å². The molecule has 190 valence electrons. The lowest BCUT2D eigenvalue weighted by atomic mass is 9.92. The zero-order valence-corrected chi connectivity index (χ0v) is 21.7. The fourth-order valence-electron chi connectivity index (χ4n) is 4.55. The van der Waals surface area contributed by atoms with Crippen molar-refractivity contribution in [1.82, 2.24) is 4.90 Å². The minimum absolute atomic E-state index is 0.372. The molecule has 0 saturated carbocycles. The number of rotatable bonds is 7. The van der Waals surface area contributed by atoms with Crippen molar-refractivity contribution in [2.45, 2.75) is 77.9 Å². The molecule has 0 aromatic heterocycles. The second-order valence-electron chi connectivity index (χ2n) is 10.6. The zero-order chi connectivity index (χ0) is 26.0. The first-order valence-electron chi connectivity index (χ1n) is 12.0. The number of carbonyl (C=O) groups excluding carboxylic acids is 1. The maximum absolute atomic E-state index is 13.4. The molecule has 2 aromatic carbocycles. The van der Waals surface area contributed by atoms with Crippen LogP contribution in [0.4, 0.5) is 4.79 Å². The highest BCUT2D eigenvalue weighted by Gasteiger charge is 2.52. The molecule has 7 nitrogen and oxygen atoms in total. The van der Waals surface area contributed by atoms with E-state index in [1.165, 1.54) is 0 Å². The van der Waals surface area contributed by atoms with Crippen LogP contribution in [0.1, 0.15) is 64.3 Å². The maximum atomic E-state index is 13.4. The first kappa shape index (κ1) is 26.5. The van der Waals surface area contributed by atoms with Gasteiger partial charge in [0.25, 0.3) is 0 Å². The molecule has 1 aliphatic rings. The minimum atomic E-state index is -0.943. The molecule has 0 radical (unpaired) electrons. The Hall–Kier alpha value is -3.06. The summed E-state index contributed by atoms with van der Waals surface area (Å²) < 4.78 is 18.0. The van der Waals surface area contributed by atoms with Gasteiger partial charge in [-0.25, -0.2) is 4.79 Å². The Bertz CT molecular complexity index is 1040. The monoisotopic (exact) mass is 483 g/mol. The fraction of sp³-hybridized carbons (Fsp3) is 0.500. The lowest BCUT2D eigenvalue weighted by Crippen LogP contribution is -2.50. The van der Waals surface area contributed by atoms with Gasteiger partial charge in [-0.2, -0.15) is 0 Å². The highest BCUT2D eigenvalue weighted by molar-refractivity contribution is 5.71. The van der Waals surface area contributed by atoms with Crippen LogP contribution in [0.5, 0.6) is 5.75 Å². The van der Waals surface area contributed by atoms with Gasteiger partial charge in [-0.15, -0.1) is 0 Å². The van der Waals surface area contributed by atoms with Crippen LogP contribution in [0.25, 0.3) is 0 Å². The van der Waals surface area contributed by atoms with Gasteiger partial charge in [0.05, 0.1) is 19.1 Å². The van der Waals surface area contributed by atoms with E-state index in [2.05, 4.69) is 0 Å². The van der Waals surface area contributed by atoms with Gasteiger partial charge >= 0.3 is 12.1 Å². The predicted octanol–water partition coefficient (Wildman–Crippen LogP) is 5.61. The summed E-state index contributed by atoms with van der Waals surface area (Å²) in [5.41, 5.74) is 1.11. The standard InChI is InChI=1S/C28H37NO6/c1-18(25(30)31)15-20-13-14-23(33-7)21(16-20)24-22(17-19-11-9-8-10-12-19)29(28(5,6)34-24)26(32)35-27(2,3)4/h8-14,16,18,22,24H,15,17H2,1-7H3,(H,30,31)/t18-,22+,24+/m1/s1. The summed E-state index contributed by atoms with van der Waals surface area (Å²) in [6.45, 7) is 10.9. The number of carboxylic acid groups (broad SMARTS) is 1. The molecular weight excluding hydrogens is 446 g/mol. The number of methoxy groups -OCH3 is 1. The van der Waals surface area contributed by atoms with Crippen LogP contribution < -0.4 is 4.74 Å². The predicted molar refractivity (Wildman–Crippen MR) is 133 cm³/mol. The number of benzene rings is 2. The molecule has 1 saturated heterocycles. The summed E-state index contributed by atoms with van der Waals surface area (Å²) in [5, 5.41) is 9.38. The largest absolute Gasteiger partial charge is 0.496 e. The van der Waals surface area contributed by atoms with Gasteiger partial charge in [-0.1, -0.05) is 43.3 Å². The highest BCUT2D eigenvalue weighted by Crippen LogP contribution is 2.46. The average molecular weight is 484 g/mol. The molecule has 3 atom stereocenters. The van der Waals surface area contributed by atoms with Crippen LogP contribution in [0.3, 0.4) is 0 Å². The van der Waals surface area contributed by atoms with E-state index < -0.39 is 35.4 Å². The Kier molecular flexibility index (Phi) is 7.80. The Labute approximate surface area is 208 Å². The van der Waals surface area contributed by atoms with Gasteiger partial charge in [-0.05, 0) is 70.7 Å². The van der Waals surface area contributed by atoms with Gasteiger partial charge < -0.3 is 19.3 Å². The number of hydrogen-bond donors (Lipinski definition) is 1. The third kappa shape index (κ3) is 6.34. The summed E-state index contributed by atoms with van der Waals surface area (Å²) in [6, 6.07) is 15.2. The molecule has 1 N–H and O–H groups in total. The van der Waals surface area contributed by atoms with Crippen molar-refractivity contribution in [2.75, 3.05) is 7.11 Å². The Balaban J connectivity index is 2.08. The van der Waals surface area contributed by atoms with Crippen molar-refractivity contribution < 1.29 is 28.9 Å². The first-order valence-corrected chi connectivity index (χ1v) is 12.0. The number of ether oxygens (including phenoxy) is 3. The van der Waals surface area contributed by atoms with E-state index in [0.29, 0.717) is 18.6 Å². The molecule has 7 heteroatoms. The fourth-order valence-corrected chi connectivity index (χ4v) is 4.55. The van der Waals surface area contributed by atoms with Gasteiger partial charge in [0.15, 0.2) is 0 Å².